The molecule has 0 unspecified atom stereocenters. The van der Waals surface area contributed by atoms with Gasteiger partial charge >= 0.3 is 0 Å². The van der Waals surface area contributed by atoms with Crippen molar-refractivity contribution < 1.29 is 4.79 Å². The van der Waals surface area contributed by atoms with Crippen molar-refractivity contribution in [3.05, 3.63) is 35.9 Å². The lowest BCUT2D eigenvalue weighted by Gasteiger charge is -2.44. The standard InChI is InChI=1S/C18H26N2O/c21-17(7-6-16-4-2-1-3-5-16)20-14-10-18(11-15-20)8-12-19-13-9-18/h1-5,19H,6-15H2. The Morgan fingerprint density at radius 3 is 2.38 bits per heavy atom. The first-order valence-electron chi connectivity index (χ1n) is 8.30. The number of benzene rings is 1. The lowest BCUT2D eigenvalue weighted by Crippen LogP contribution is -2.47. The van der Waals surface area contributed by atoms with E-state index in [1.807, 2.05) is 18.2 Å². The number of aryl methyl sites for hydroxylation is 1. The molecule has 1 aromatic carbocycles. The maximum atomic E-state index is 12.4. The molecule has 2 saturated heterocycles. The molecule has 3 nitrogen and oxygen atoms in total. The van der Waals surface area contributed by atoms with E-state index in [-0.39, 0.29) is 0 Å². The molecule has 0 bridgehead atoms. The zero-order valence-electron chi connectivity index (χ0n) is 12.8. The normalized spacial score (nSPS) is 21.4. The third-order valence-corrected chi connectivity index (χ3v) is 5.31. The maximum absolute atomic E-state index is 12.4. The van der Waals surface area contributed by atoms with Crippen LogP contribution in [0.25, 0.3) is 0 Å². The highest BCUT2D eigenvalue weighted by Gasteiger charge is 2.36. The largest absolute Gasteiger partial charge is 0.343 e. The zero-order valence-corrected chi connectivity index (χ0v) is 12.8. The van der Waals surface area contributed by atoms with Gasteiger partial charge in [0.05, 0.1) is 0 Å². The van der Waals surface area contributed by atoms with Gasteiger partial charge in [0.15, 0.2) is 0 Å². The third-order valence-electron chi connectivity index (χ3n) is 5.31. The predicted molar refractivity (Wildman–Crippen MR) is 85.1 cm³/mol. The van der Waals surface area contributed by atoms with Gasteiger partial charge in [-0.2, -0.15) is 0 Å². The number of nitrogens with one attached hydrogen (secondary N) is 1. The molecule has 2 heterocycles. The maximum Gasteiger partial charge on any atom is 0.222 e. The molecule has 1 spiro atoms. The predicted octanol–water partition coefficient (Wildman–Crippen LogP) is 2.61. The topological polar surface area (TPSA) is 32.3 Å². The van der Waals surface area contributed by atoms with Crippen molar-refractivity contribution in [1.29, 1.82) is 0 Å². The first-order chi connectivity index (χ1) is 10.3. The van der Waals surface area contributed by atoms with Crippen LogP contribution < -0.4 is 5.32 Å². The summed E-state index contributed by atoms with van der Waals surface area (Å²) in [5, 5.41) is 3.45. The van der Waals surface area contributed by atoms with Crippen molar-refractivity contribution in [2.75, 3.05) is 26.2 Å². The summed E-state index contributed by atoms with van der Waals surface area (Å²) < 4.78 is 0. The summed E-state index contributed by atoms with van der Waals surface area (Å²) in [5.41, 5.74) is 1.79. The second-order valence-electron chi connectivity index (χ2n) is 6.62. The molecule has 3 rings (SSSR count). The Bertz CT molecular complexity index is 455. The van der Waals surface area contributed by atoms with Crippen molar-refractivity contribution in [2.45, 2.75) is 38.5 Å². The minimum absolute atomic E-state index is 0.336. The number of nitrogens with zero attached hydrogens (tertiary/aromatic N) is 1. The summed E-state index contributed by atoms with van der Waals surface area (Å²) in [6, 6.07) is 10.3. The van der Waals surface area contributed by atoms with Crippen LogP contribution in [0.5, 0.6) is 0 Å². The Kier molecular flexibility index (Phi) is 4.59. The van der Waals surface area contributed by atoms with Gasteiger partial charge in [0.2, 0.25) is 5.91 Å². The number of likely N-dealkylation sites (tertiary alicyclic amines) is 1. The quantitative estimate of drug-likeness (QED) is 0.926. The number of carbonyl (C=O) groups excluding carboxylic acids is 1. The van der Waals surface area contributed by atoms with E-state index in [2.05, 4.69) is 22.3 Å². The summed E-state index contributed by atoms with van der Waals surface area (Å²) in [6.45, 7) is 4.24. The number of carbonyl (C=O) groups is 1. The van der Waals surface area contributed by atoms with Gasteiger partial charge in [-0.05, 0) is 56.2 Å². The van der Waals surface area contributed by atoms with E-state index in [4.69, 9.17) is 0 Å². The fraction of sp³-hybridized carbons (Fsp3) is 0.611. The summed E-state index contributed by atoms with van der Waals surface area (Å²) >= 11 is 0. The van der Waals surface area contributed by atoms with Crippen LogP contribution in [-0.2, 0) is 11.2 Å². The number of hydrogen-bond acceptors (Lipinski definition) is 2. The van der Waals surface area contributed by atoms with Crippen LogP contribution in [0.4, 0.5) is 0 Å². The van der Waals surface area contributed by atoms with Crippen LogP contribution in [0.15, 0.2) is 30.3 Å². The molecule has 2 fully saturated rings. The Labute approximate surface area is 127 Å². The van der Waals surface area contributed by atoms with Gasteiger partial charge in [-0.25, -0.2) is 0 Å². The minimum Gasteiger partial charge on any atom is -0.343 e. The fourth-order valence-corrected chi connectivity index (χ4v) is 3.74. The second-order valence-corrected chi connectivity index (χ2v) is 6.62. The molecule has 0 aliphatic carbocycles. The highest BCUT2D eigenvalue weighted by Crippen LogP contribution is 2.39. The van der Waals surface area contributed by atoms with Gasteiger partial charge in [0.25, 0.3) is 0 Å². The average Bonchev–Trinajstić information content (AvgIpc) is 2.55. The monoisotopic (exact) mass is 286 g/mol. The molecule has 0 saturated carbocycles. The van der Waals surface area contributed by atoms with E-state index in [0.29, 0.717) is 17.7 Å². The molecule has 1 amide bonds. The smallest absolute Gasteiger partial charge is 0.222 e. The van der Waals surface area contributed by atoms with Gasteiger partial charge in [-0.3, -0.25) is 4.79 Å². The lowest BCUT2D eigenvalue weighted by atomic mass is 9.71. The zero-order chi connectivity index (χ0) is 14.5. The summed E-state index contributed by atoms with van der Waals surface area (Å²) in [7, 11) is 0. The highest BCUT2D eigenvalue weighted by molar-refractivity contribution is 5.76. The van der Waals surface area contributed by atoms with Crippen LogP contribution in [0.2, 0.25) is 0 Å². The molecule has 2 aliphatic heterocycles. The number of piperidine rings is 2. The molecule has 1 N–H and O–H groups in total. The Morgan fingerprint density at radius 2 is 1.71 bits per heavy atom. The SMILES string of the molecule is O=C(CCc1ccccc1)N1CCC2(CCNCC2)CC1. The van der Waals surface area contributed by atoms with E-state index >= 15 is 0 Å². The van der Waals surface area contributed by atoms with E-state index in [1.165, 1.54) is 31.2 Å². The van der Waals surface area contributed by atoms with Gasteiger partial charge in [0, 0.05) is 19.5 Å². The van der Waals surface area contributed by atoms with E-state index < -0.39 is 0 Å². The van der Waals surface area contributed by atoms with Gasteiger partial charge < -0.3 is 10.2 Å². The van der Waals surface area contributed by atoms with Crippen LogP contribution >= 0.6 is 0 Å². The molecular formula is C18H26N2O. The van der Waals surface area contributed by atoms with Gasteiger partial charge in [-0.15, -0.1) is 0 Å². The first kappa shape index (κ1) is 14.6. The molecule has 1 aromatic rings. The fourth-order valence-electron chi connectivity index (χ4n) is 3.74. The third kappa shape index (κ3) is 3.65. The van der Waals surface area contributed by atoms with Gasteiger partial charge in [0.1, 0.15) is 0 Å². The lowest BCUT2D eigenvalue weighted by molar-refractivity contribution is -0.133. The molecule has 0 aromatic heterocycles. The van der Waals surface area contributed by atoms with Crippen LogP contribution in [0, 0.1) is 5.41 Å². The van der Waals surface area contributed by atoms with Crippen LogP contribution in [0.1, 0.15) is 37.7 Å². The number of amides is 1. The molecule has 21 heavy (non-hydrogen) atoms. The van der Waals surface area contributed by atoms with Crippen molar-refractivity contribution in [1.82, 2.24) is 10.2 Å². The van der Waals surface area contributed by atoms with Crippen molar-refractivity contribution in [3.8, 4) is 0 Å². The Morgan fingerprint density at radius 1 is 1.05 bits per heavy atom. The van der Waals surface area contributed by atoms with Crippen LogP contribution in [-0.4, -0.2) is 37.0 Å². The molecule has 114 valence electrons. The summed E-state index contributed by atoms with van der Waals surface area (Å²) in [6.07, 6.45) is 6.50. The van der Waals surface area contributed by atoms with E-state index in [1.54, 1.807) is 0 Å². The number of rotatable bonds is 3. The molecule has 0 atom stereocenters. The van der Waals surface area contributed by atoms with Gasteiger partial charge in [-0.1, -0.05) is 30.3 Å². The van der Waals surface area contributed by atoms with Crippen molar-refractivity contribution in [3.63, 3.8) is 0 Å². The number of hydrogen-bond donors (Lipinski definition) is 1. The van der Waals surface area contributed by atoms with Crippen molar-refractivity contribution >= 4 is 5.91 Å². The first-order valence-corrected chi connectivity index (χ1v) is 8.30. The summed E-state index contributed by atoms with van der Waals surface area (Å²) in [4.78, 5) is 14.4. The molecule has 0 radical (unpaired) electrons. The average molecular weight is 286 g/mol. The molecule has 3 heteroatoms. The second kappa shape index (κ2) is 6.61. The van der Waals surface area contributed by atoms with Crippen molar-refractivity contribution in [2.24, 2.45) is 5.41 Å². The molecular weight excluding hydrogens is 260 g/mol. The Hall–Kier alpha value is -1.35. The Balaban J connectivity index is 1.46. The van der Waals surface area contributed by atoms with E-state index in [0.717, 1.165) is 32.6 Å². The molecule has 2 aliphatic rings. The van der Waals surface area contributed by atoms with Crippen LogP contribution in [0.3, 0.4) is 0 Å². The summed E-state index contributed by atoms with van der Waals surface area (Å²) in [5.74, 6) is 0.336. The highest BCUT2D eigenvalue weighted by atomic mass is 16.2. The van der Waals surface area contributed by atoms with E-state index in [9.17, 15) is 4.79 Å². The minimum atomic E-state index is 0.336.